The van der Waals surface area contributed by atoms with Crippen LogP contribution in [0.5, 0.6) is 0 Å². The number of Topliss-reactive ketones (excluding diaryl/α,β-unsaturated/α-hetero) is 1. The van der Waals surface area contributed by atoms with E-state index in [1.165, 1.54) is 0 Å². The molecule has 0 aliphatic carbocycles. The number of nitrogens with one attached hydrogen (secondary N) is 1. The Balaban J connectivity index is 2.55. The standard InChI is InChI=1S/C17H21F2NO5/c1-17(2,3)25-16(24)20-13(15(22)23)5-4-6-14(21)10-7-8-11(18)12(19)9-10/h7-9,13H,4-6H2,1-3H3,(H,20,24)(H,22,23). The molecule has 6 nitrogen and oxygen atoms in total. The molecule has 0 saturated carbocycles. The average Bonchev–Trinajstić information content (AvgIpc) is 2.46. The minimum Gasteiger partial charge on any atom is -0.480 e. The summed E-state index contributed by atoms with van der Waals surface area (Å²) < 4.78 is 30.9. The Morgan fingerprint density at radius 1 is 1.20 bits per heavy atom. The zero-order chi connectivity index (χ0) is 19.2. The van der Waals surface area contributed by atoms with Crippen LogP contribution in [0.2, 0.25) is 0 Å². The molecule has 0 aliphatic rings. The van der Waals surface area contributed by atoms with Crippen LogP contribution in [0.1, 0.15) is 50.4 Å². The molecule has 25 heavy (non-hydrogen) atoms. The van der Waals surface area contributed by atoms with Gasteiger partial charge in [-0.05, 0) is 51.8 Å². The molecule has 0 saturated heterocycles. The normalized spacial score (nSPS) is 12.4. The predicted octanol–water partition coefficient (Wildman–Crippen LogP) is 3.30. The Bertz CT molecular complexity index is 655. The molecule has 0 aliphatic heterocycles. The van der Waals surface area contributed by atoms with Gasteiger partial charge in [0.2, 0.25) is 0 Å². The molecular weight excluding hydrogens is 336 g/mol. The van der Waals surface area contributed by atoms with Crippen LogP contribution in [0.3, 0.4) is 0 Å². The van der Waals surface area contributed by atoms with Gasteiger partial charge in [0, 0.05) is 12.0 Å². The Kier molecular flexibility index (Phi) is 7.02. The Hall–Kier alpha value is -2.51. The highest BCUT2D eigenvalue weighted by atomic mass is 19.2. The number of carbonyl (C=O) groups is 3. The topological polar surface area (TPSA) is 92.7 Å². The van der Waals surface area contributed by atoms with E-state index in [2.05, 4.69) is 5.32 Å². The second kappa shape index (κ2) is 8.55. The first-order chi connectivity index (χ1) is 11.5. The van der Waals surface area contributed by atoms with Gasteiger partial charge in [0.25, 0.3) is 0 Å². The lowest BCUT2D eigenvalue weighted by atomic mass is 10.0. The highest BCUT2D eigenvalue weighted by Gasteiger charge is 2.24. The van der Waals surface area contributed by atoms with Crippen molar-refractivity contribution < 1.29 is 33.0 Å². The van der Waals surface area contributed by atoms with Crippen LogP contribution in [0.25, 0.3) is 0 Å². The quantitative estimate of drug-likeness (QED) is 0.731. The van der Waals surface area contributed by atoms with Gasteiger partial charge in [-0.15, -0.1) is 0 Å². The molecule has 0 spiro atoms. The molecule has 0 bridgehead atoms. The lowest BCUT2D eigenvalue weighted by molar-refractivity contribution is -0.139. The summed E-state index contributed by atoms with van der Waals surface area (Å²) in [5, 5.41) is 11.3. The highest BCUT2D eigenvalue weighted by molar-refractivity contribution is 5.96. The van der Waals surface area contributed by atoms with Crippen molar-refractivity contribution in [1.82, 2.24) is 5.32 Å². The van der Waals surface area contributed by atoms with Crippen molar-refractivity contribution in [3.05, 3.63) is 35.4 Å². The maximum Gasteiger partial charge on any atom is 0.408 e. The number of carboxylic acid groups (broad SMARTS) is 1. The molecule has 1 unspecified atom stereocenters. The molecule has 0 heterocycles. The van der Waals surface area contributed by atoms with Crippen molar-refractivity contribution in [2.75, 3.05) is 0 Å². The summed E-state index contributed by atoms with van der Waals surface area (Å²) in [6.07, 6.45) is -0.800. The molecule has 0 aromatic heterocycles. The molecule has 1 aromatic rings. The zero-order valence-electron chi connectivity index (χ0n) is 14.3. The molecule has 8 heteroatoms. The van der Waals surface area contributed by atoms with Gasteiger partial charge >= 0.3 is 12.1 Å². The van der Waals surface area contributed by atoms with Crippen molar-refractivity contribution in [3.8, 4) is 0 Å². The molecule has 1 atom stereocenters. The van der Waals surface area contributed by atoms with Gasteiger partial charge < -0.3 is 15.2 Å². The van der Waals surface area contributed by atoms with Crippen molar-refractivity contribution in [2.24, 2.45) is 0 Å². The van der Waals surface area contributed by atoms with Crippen LogP contribution in [0, 0.1) is 11.6 Å². The van der Waals surface area contributed by atoms with Crippen LogP contribution in [-0.4, -0.2) is 34.6 Å². The Morgan fingerprint density at radius 2 is 1.84 bits per heavy atom. The fraction of sp³-hybridized carbons (Fsp3) is 0.471. The first-order valence-corrected chi connectivity index (χ1v) is 7.70. The van der Waals surface area contributed by atoms with Crippen molar-refractivity contribution in [3.63, 3.8) is 0 Å². The number of alkyl carbamates (subject to hydrolysis) is 1. The van der Waals surface area contributed by atoms with Crippen LogP contribution < -0.4 is 5.32 Å². The Labute approximate surface area is 144 Å². The molecule has 1 aromatic carbocycles. The van der Waals surface area contributed by atoms with E-state index >= 15 is 0 Å². The van der Waals surface area contributed by atoms with Gasteiger partial charge in [-0.2, -0.15) is 0 Å². The Morgan fingerprint density at radius 3 is 2.36 bits per heavy atom. The van der Waals surface area contributed by atoms with Gasteiger partial charge in [-0.3, -0.25) is 4.79 Å². The maximum atomic E-state index is 13.1. The monoisotopic (exact) mass is 357 g/mol. The van der Waals surface area contributed by atoms with Gasteiger partial charge in [0.05, 0.1) is 0 Å². The number of carbonyl (C=O) groups excluding carboxylic acids is 2. The number of hydrogen-bond donors (Lipinski definition) is 2. The largest absolute Gasteiger partial charge is 0.480 e. The summed E-state index contributed by atoms with van der Waals surface area (Å²) in [5.74, 6) is -3.88. The number of rotatable bonds is 7. The molecular formula is C17H21F2NO5. The van der Waals surface area contributed by atoms with E-state index in [0.29, 0.717) is 0 Å². The lowest BCUT2D eigenvalue weighted by Gasteiger charge is -2.21. The molecule has 138 valence electrons. The van der Waals surface area contributed by atoms with E-state index in [1.807, 2.05) is 0 Å². The first kappa shape index (κ1) is 20.5. The third kappa shape index (κ3) is 7.28. The fourth-order valence-corrected chi connectivity index (χ4v) is 1.99. The number of hydrogen-bond acceptors (Lipinski definition) is 4. The van der Waals surface area contributed by atoms with Crippen molar-refractivity contribution >= 4 is 17.8 Å². The number of ketones is 1. The number of benzene rings is 1. The van der Waals surface area contributed by atoms with Crippen molar-refractivity contribution in [2.45, 2.75) is 51.7 Å². The smallest absolute Gasteiger partial charge is 0.408 e. The summed E-state index contributed by atoms with van der Waals surface area (Å²) in [5.41, 5.74) is -0.763. The van der Waals surface area contributed by atoms with E-state index in [0.717, 1.165) is 18.2 Å². The summed E-state index contributed by atoms with van der Waals surface area (Å²) >= 11 is 0. The van der Waals surface area contributed by atoms with Crippen LogP contribution in [0.15, 0.2) is 18.2 Å². The summed E-state index contributed by atoms with van der Waals surface area (Å²) in [4.78, 5) is 34.7. The summed E-state index contributed by atoms with van der Waals surface area (Å²) in [6, 6.07) is 1.60. The molecule has 0 radical (unpaired) electrons. The molecule has 2 N–H and O–H groups in total. The molecule has 1 amide bonds. The molecule has 0 fully saturated rings. The summed E-state index contributed by atoms with van der Waals surface area (Å²) in [7, 11) is 0. The molecule has 1 rings (SSSR count). The van der Waals surface area contributed by atoms with Gasteiger partial charge in [0.15, 0.2) is 17.4 Å². The number of amides is 1. The predicted molar refractivity (Wildman–Crippen MR) is 85.3 cm³/mol. The van der Waals surface area contributed by atoms with Gasteiger partial charge in [-0.1, -0.05) is 0 Å². The van der Waals surface area contributed by atoms with E-state index in [9.17, 15) is 23.2 Å². The first-order valence-electron chi connectivity index (χ1n) is 7.70. The fourth-order valence-electron chi connectivity index (χ4n) is 1.99. The minimum atomic E-state index is -1.26. The van der Waals surface area contributed by atoms with Gasteiger partial charge in [-0.25, -0.2) is 18.4 Å². The van der Waals surface area contributed by atoms with E-state index in [-0.39, 0.29) is 24.8 Å². The number of ether oxygens (including phenoxy) is 1. The zero-order valence-corrected chi connectivity index (χ0v) is 14.3. The number of halogens is 2. The van der Waals surface area contributed by atoms with E-state index in [1.54, 1.807) is 20.8 Å². The SMILES string of the molecule is CC(C)(C)OC(=O)NC(CCCC(=O)c1ccc(F)c(F)c1)C(=O)O. The van der Waals surface area contributed by atoms with Crippen LogP contribution in [-0.2, 0) is 9.53 Å². The van der Waals surface area contributed by atoms with Gasteiger partial charge in [0.1, 0.15) is 11.6 Å². The maximum absolute atomic E-state index is 13.1. The van der Waals surface area contributed by atoms with E-state index in [4.69, 9.17) is 9.84 Å². The summed E-state index contributed by atoms with van der Waals surface area (Å²) in [6.45, 7) is 4.93. The second-order valence-electron chi connectivity index (χ2n) is 6.48. The number of aliphatic carboxylic acids is 1. The average molecular weight is 357 g/mol. The van der Waals surface area contributed by atoms with E-state index < -0.39 is 41.1 Å². The van der Waals surface area contributed by atoms with Crippen LogP contribution >= 0.6 is 0 Å². The minimum absolute atomic E-state index is 0.00544. The third-order valence-corrected chi connectivity index (χ3v) is 3.13. The van der Waals surface area contributed by atoms with Crippen LogP contribution in [0.4, 0.5) is 13.6 Å². The lowest BCUT2D eigenvalue weighted by Crippen LogP contribution is -2.43. The second-order valence-corrected chi connectivity index (χ2v) is 6.48. The number of carboxylic acids is 1. The van der Waals surface area contributed by atoms with Crippen molar-refractivity contribution in [1.29, 1.82) is 0 Å². The third-order valence-electron chi connectivity index (χ3n) is 3.13. The highest BCUT2D eigenvalue weighted by Crippen LogP contribution is 2.13.